The maximum Gasteiger partial charge on any atom is 0.275 e. The number of rotatable bonds is 6. The van der Waals surface area contributed by atoms with Crippen molar-refractivity contribution in [1.82, 2.24) is 5.32 Å². The van der Waals surface area contributed by atoms with Crippen molar-refractivity contribution < 1.29 is 14.4 Å². The Kier molecular flexibility index (Phi) is 4.75. The van der Waals surface area contributed by atoms with Crippen molar-refractivity contribution in [1.29, 1.82) is 0 Å². The summed E-state index contributed by atoms with van der Waals surface area (Å²) in [6.07, 6.45) is 0.0461. The lowest BCUT2D eigenvalue weighted by Gasteiger charge is -2.20. The van der Waals surface area contributed by atoms with Crippen LogP contribution < -0.4 is 15.4 Å². The van der Waals surface area contributed by atoms with Gasteiger partial charge in [0.05, 0.1) is 29.7 Å². The Balaban J connectivity index is 2.19. The van der Waals surface area contributed by atoms with Crippen molar-refractivity contribution >= 4 is 11.4 Å². The largest absolute Gasteiger partial charge is 0.494 e. The van der Waals surface area contributed by atoms with E-state index in [0.29, 0.717) is 18.0 Å². The van der Waals surface area contributed by atoms with E-state index in [9.17, 15) is 10.1 Å². The van der Waals surface area contributed by atoms with Gasteiger partial charge in [0.15, 0.2) is 0 Å². The lowest BCUT2D eigenvalue weighted by atomic mass is 10.2. The standard InChI is InChI=1S/C13H19N3O4/c1-3-20-11-5-9(4-10(6-11)16(17)18)15-12-7-14-8-13(12)19-2/h4-6,12-15H,3,7-8H2,1-2H3/t12?,13-/m0/s1. The molecule has 7 heteroatoms. The number of nitro benzene ring substituents is 1. The number of hydrogen-bond donors (Lipinski definition) is 2. The SMILES string of the molecule is CCOc1cc(NC2CNC[C@@H]2OC)cc([N+](=O)[O-])c1. The maximum absolute atomic E-state index is 11.0. The van der Waals surface area contributed by atoms with E-state index in [1.54, 1.807) is 13.2 Å². The Morgan fingerprint density at radius 2 is 2.25 bits per heavy atom. The van der Waals surface area contributed by atoms with E-state index >= 15 is 0 Å². The van der Waals surface area contributed by atoms with E-state index in [2.05, 4.69) is 10.6 Å². The lowest BCUT2D eigenvalue weighted by molar-refractivity contribution is -0.384. The van der Waals surface area contributed by atoms with Gasteiger partial charge in [0.1, 0.15) is 5.75 Å². The summed E-state index contributed by atoms with van der Waals surface area (Å²) in [5, 5.41) is 17.4. The number of ether oxygens (including phenoxy) is 2. The van der Waals surface area contributed by atoms with Crippen LogP contribution in [0.4, 0.5) is 11.4 Å². The van der Waals surface area contributed by atoms with Gasteiger partial charge in [-0.05, 0) is 6.92 Å². The number of hydrogen-bond acceptors (Lipinski definition) is 6. The molecule has 0 bridgehead atoms. The minimum absolute atomic E-state index is 0.0124. The molecule has 1 aromatic rings. The van der Waals surface area contributed by atoms with Crippen LogP contribution in [-0.4, -0.2) is 43.9 Å². The molecule has 1 aliphatic heterocycles. The fraction of sp³-hybridized carbons (Fsp3) is 0.538. The molecule has 1 unspecified atom stereocenters. The lowest BCUT2D eigenvalue weighted by Crippen LogP contribution is -2.33. The summed E-state index contributed by atoms with van der Waals surface area (Å²) in [5.74, 6) is 0.490. The molecular weight excluding hydrogens is 262 g/mol. The predicted octanol–water partition coefficient (Wildman–Crippen LogP) is 1.39. The molecule has 1 aromatic carbocycles. The molecule has 2 atom stereocenters. The predicted molar refractivity (Wildman–Crippen MR) is 75.3 cm³/mol. The van der Waals surface area contributed by atoms with E-state index in [0.717, 1.165) is 13.1 Å². The highest BCUT2D eigenvalue weighted by Gasteiger charge is 2.27. The van der Waals surface area contributed by atoms with Crippen molar-refractivity contribution in [2.45, 2.75) is 19.1 Å². The van der Waals surface area contributed by atoms with Crippen LogP contribution >= 0.6 is 0 Å². The van der Waals surface area contributed by atoms with E-state index in [1.165, 1.54) is 12.1 Å². The highest BCUT2D eigenvalue weighted by Crippen LogP contribution is 2.27. The van der Waals surface area contributed by atoms with Crippen LogP contribution in [0.3, 0.4) is 0 Å². The summed E-state index contributed by atoms with van der Waals surface area (Å²) in [6.45, 7) is 3.83. The van der Waals surface area contributed by atoms with Crippen LogP contribution in [0.1, 0.15) is 6.92 Å². The molecule has 1 aliphatic rings. The highest BCUT2D eigenvalue weighted by atomic mass is 16.6. The third-order valence-electron chi connectivity index (χ3n) is 3.23. The molecule has 0 aromatic heterocycles. The van der Waals surface area contributed by atoms with Gasteiger partial charge in [-0.25, -0.2) is 0 Å². The van der Waals surface area contributed by atoms with Gasteiger partial charge < -0.3 is 20.1 Å². The minimum atomic E-state index is -0.422. The zero-order valence-electron chi connectivity index (χ0n) is 11.6. The summed E-state index contributed by atoms with van der Waals surface area (Å²) in [7, 11) is 1.66. The third kappa shape index (κ3) is 3.37. The van der Waals surface area contributed by atoms with Gasteiger partial charge in [-0.1, -0.05) is 0 Å². The highest BCUT2D eigenvalue weighted by molar-refractivity contribution is 5.57. The number of benzene rings is 1. The molecule has 0 amide bonds. The number of nitrogens with zero attached hydrogens (tertiary/aromatic N) is 1. The average Bonchev–Trinajstić information content (AvgIpc) is 2.86. The quantitative estimate of drug-likeness (QED) is 0.605. The Morgan fingerprint density at radius 1 is 1.45 bits per heavy atom. The second-order valence-corrected chi connectivity index (χ2v) is 4.59. The van der Waals surface area contributed by atoms with Gasteiger partial charge in [-0.15, -0.1) is 0 Å². The first kappa shape index (κ1) is 14.5. The first-order valence-electron chi connectivity index (χ1n) is 6.56. The normalized spacial score (nSPS) is 21.7. The second kappa shape index (κ2) is 6.53. The molecule has 110 valence electrons. The van der Waals surface area contributed by atoms with Gasteiger partial charge in [0.2, 0.25) is 0 Å². The summed E-state index contributed by atoms with van der Waals surface area (Å²) >= 11 is 0. The van der Waals surface area contributed by atoms with Gasteiger partial charge >= 0.3 is 0 Å². The molecule has 0 radical (unpaired) electrons. The molecule has 1 heterocycles. The van der Waals surface area contributed by atoms with Crippen LogP contribution in [0.25, 0.3) is 0 Å². The van der Waals surface area contributed by atoms with Gasteiger partial charge in [0, 0.05) is 38.0 Å². The molecule has 2 rings (SSSR count). The number of non-ortho nitro benzene ring substituents is 1. The Morgan fingerprint density at radius 3 is 2.90 bits per heavy atom. The summed E-state index contributed by atoms with van der Waals surface area (Å²) < 4.78 is 10.7. The monoisotopic (exact) mass is 281 g/mol. The van der Waals surface area contributed by atoms with Gasteiger partial charge in [-0.2, -0.15) is 0 Å². The first-order valence-corrected chi connectivity index (χ1v) is 6.56. The van der Waals surface area contributed by atoms with Crippen LogP contribution in [0.2, 0.25) is 0 Å². The van der Waals surface area contributed by atoms with E-state index in [4.69, 9.17) is 9.47 Å². The fourth-order valence-corrected chi connectivity index (χ4v) is 2.28. The number of anilines is 1. The fourth-order valence-electron chi connectivity index (χ4n) is 2.28. The third-order valence-corrected chi connectivity index (χ3v) is 3.23. The average molecular weight is 281 g/mol. The van der Waals surface area contributed by atoms with Crippen LogP contribution in [0, 0.1) is 10.1 Å². The number of methoxy groups -OCH3 is 1. The van der Waals surface area contributed by atoms with Crippen molar-refractivity contribution in [3.8, 4) is 5.75 Å². The second-order valence-electron chi connectivity index (χ2n) is 4.59. The van der Waals surface area contributed by atoms with E-state index in [-0.39, 0.29) is 17.8 Å². The van der Waals surface area contributed by atoms with E-state index in [1.807, 2.05) is 6.92 Å². The molecule has 0 aliphatic carbocycles. The summed E-state index contributed by atoms with van der Waals surface area (Å²) in [5.41, 5.74) is 0.678. The van der Waals surface area contributed by atoms with E-state index < -0.39 is 4.92 Å². The van der Waals surface area contributed by atoms with Gasteiger partial charge in [0.25, 0.3) is 5.69 Å². The van der Waals surface area contributed by atoms with Crippen molar-refractivity contribution in [2.24, 2.45) is 0 Å². The zero-order valence-corrected chi connectivity index (χ0v) is 11.6. The molecule has 0 saturated carbocycles. The zero-order chi connectivity index (χ0) is 14.5. The Hall–Kier alpha value is -1.86. The van der Waals surface area contributed by atoms with Crippen LogP contribution in [-0.2, 0) is 4.74 Å². The van der Waals surface area contributed by atoms with Crippen molar-refractivity contribution in [3.63, 3.8) is 0 Å². The molecule has 1 saturated heterocycles. The van der Waals surface area contributed by atoms with Crippen molar-refractivity contribution in [2.75, 3.05) is 32.1 Å². The first-order chi connectivity index (χ1) is 9.63. The Bertz CT molecular complexity index is 481. The summed E-state index contributed by atoms with van der Waals surface area (Å²) in [4.78, 5) is 10.5. The molecule has 20 heavy (non-hydrogen) atoms. The van der Waals surface area contributed by atoms with Gasteiger partial charge in [-0.3, -0.25) is 10.1 Å². The van der Waals surface area contributed by atoms with Crippen LogP contribution in [0.15, 0.2) is 18.2 Å². The number of nitrogens with one attached hydrogen (secondary N) is 2. The molecule has 2 N–H and O–H groups in total. The molecule has 1 fully saturated rings. The molecular formula is C13H19N3O4. The summed E-state index contributed by atoms with van der Waals surface area (Å²) in [6, 6.07) is 4.78. The molecule has 7 nitrogen and oxygen atoms in total. The van der Waals surface area contributed by atoms with Crippen molar-refractivity contribution in [3.05, 3.63) is 28.3 Å². The number of nitro groups is 1. The molecule has 0 spiro atoms. The minimum Gasteiger partial charge on any atom is -0.494 e. The smallest absolute Gasteiger partial charge is 0.275 e. The maximum atomic E-state index is 11.0. The topological polar surface area (TPSA) is 85.7 Å². The van der Waals surface area contributed by atoms with Crippen LogP contribution in [0.5, 0.6) is 5.75 Å². The Labute approximate surface area is 117 Å².